The Labute approximate surface area is 115 Å². The second-order valence-corrected chi connectivity index (χ2v) is 4.61. The third-order valence-electron chi connectivity index (χ3n) is 2.87. The Morgan fingerprint density at radius 2 is 2.21 bits per heavy atom. The van der Waals surface area contributed by atoms with E-state index >= 15 is 0 Å². The molecular formula is C12H15ClN2O4. The minimum Gasteiger partial charge on any atom is -0.480 e. The zero-order valence-electron chi connectivity index (χ0n) is 10.7. The summed E-state index contributed by atoms with van der Waals surface area (Å²) in [4.78, 5) is 22.9. The first-order valence-corrected chi connectivity index (χ1v) is 6.17. The number of carboxylic acid groups (broad SMARTS) is 1. The van der Waals surface area contributed by atoms with E-state index in [1.807, 2.05) is 13.8 Å². The molecule has 19 heavy (non-hydrogen) atoms. The lowest BCUT2D eigenvalue weighted by Crippen LogP contribution is -2.37. The van der Waals surface area contributed by atoms with Gasteiger partial charge in [0.05, 0.1) is 4.92 Å². The maximum absolute atomic E-state index is 11.0. The van der Waals surface area contributed by atoms with Gasteiger partial charge in [-0.05, 0) is 25.5 Å². The molecule has 0 aromatic heterocycles. The second kappa shape index (κ2) is 6.38. The molecule has 104 valence electrons. The van der Waals surface area contributed by atoms with Crippen molar-refractivity contribution in [3.63, 3.8) is 0 Å². The summed E-state index contributed by atoms with van der Waals surface area (Å²) < 4.78 is 0. The van der Waals surface area contributed by atoms with Gasteiger partial charge in [-0.25, -0.2) is 0 Å². The van der Waals surface area contributed by atoms with Crippen molar-refractivity contribution in [3.8, 4) is 0 Å². The predicted octanol–water partition coefficient (Wildman–Crippen LogP) is 2.94. The van der Waals surface area contributed by atoms with Crippen LogP contribution in [0, 0.1) is 10.1 Å². The van der Waals surface area contributed by atoms with Gasteiger partial charge in [0.25, 0.3) is 5.69 Å². The number of rotatable bonds is 6. The van der Waals surface area contributed by atoms with Crippen LogP contribution in [0.25, 0.3) is 0 Å². The molecular weight excluding hydrogens is 272 g/mol. The molecule has 0 radical (unpaired) electrons. The van der Waals surface area contributed by atoms with Gasteiger partial charge in [0.1, 0.15) is 12.2 Å². The molecule has 0 aliphatic heterocycles. The number of carboxylic acids is 1. The van der Waals surface area contributed by atoms with E-state index in [0.717, 1.165) is 0 Å². The minimum atomic E-state index is -1.04. The fraction of sp³-hybridized carbons (Fsp3) is 0.417. The number of aliphatic carboxylic acids is 1. The minimum absolute atomic E-state index is 0.129. The first kappa shape index (κ1) is 15.2. The van der Waals surface area contributed by atoms with Gasteiger partial charge >= 0.3 is 5.97 Å². The van der Waals surface area contributed by atoms with Crippen molar-refractivity contribution in [1.29, 1.82) is 0 Å². The van der Waals surface area contributed by atoms with E-state index in [2.05, 4.69) is 0 Å². The van der Waals surface area contributed by atoms with Gasteiger partial charge in [0.15, 0.2) is 0 Å². The van der Waals surface area contributed by atoms with E-state index in [4.69, 9.17) is 16.7 Å². The molecule has 1 aromatic rings. The molecule has 0 fully saturated rings. The summed E-state index contributed by atoms with van der Waals surface area (Å²) in [5, 5.41) is 20.2. The normalized spacial score (nSPS) is 11.9. The molecule has 1 rings (SSSR count). The highest BCUT2D eigenvalue weighted by Gasteiger charge is 2.24. The van der Waals surface area contributed by atoms with Gasteiger partial charge in [0, 0.05) is 17.1 Å². The molecule has 0 saturated heterocycles. The Bertz CT molecular complexity index is 493. The maximum atomic E-state index is 11.0. The second-order valence-electron chi connectivity index (χ2n) is 4.17. The number of nitro groups is 1. The number of nitro benzene ring substituents is 1. The highest BCUT2D eigenvalue weighted by Crippen LogP contribution is 2.32. The number of hydrogen-bond acceptors (Lipinski definition) is 4. The predicted molar refractivity (Wildman–Crippen MR) is 72.8 cm³/mol. The van der Waals surface area contributed by atoms with Crippen molar-refractivity contribution >= 4 is 28.9 Å². The lowest BCUT2D eigenvalue weighted by atomic mass is 10.1. The highest BCUT2D eigenvalue weighted by atomic mass is 35.5. The number of anilines is 1. The summed E-state index contributed by atoms with van der Waals surface area (Å²) >= 11 is 5.75. The first-order valence-electron chi connectivity index (χ1n) is 5.79. The van der Waals surface area contributed by atoms with Crippen molar-refractivity contribution < 1.29 is 14.8 Å². The van der Waals surface area contributed by atoms with E-state index in [0.29, 0.717) is 6.42 Å². The Kier molecular flexibility index (Phi) is 5.11. The fourth-order valence-corrected chi connectivity index (χ4v) is 1.90. The van der Waals surface area contributed by atoms with Crippen LogP contribution in [0.15, 0.2) is 18.2 Å². The first-order chi connectivity index (χ1) is 8.86. The Morgan fingerprint density at radius 3 is 2.68 bits per heavy atom. The van der Waals surface area contributed by atoms with Gasteiger partial charge < -0.3 is 10.0 Å². The number of nitrogens with zero attached hydrogens (tertiary/aromatic N) is 2. The molecule has 1 atom stereocenters. The van der Waals surface area contributed by atoms with Crippen molar-refractivity contribution in [3.05, 3.63) is 33.3 Å². The van der Waals surface area contributed by atoms with Gasteiger partial charge in [-0.15, -0.1) is 0 Å². The van der Waals surface area contributed by atoms with Crippen LogP contribution < -0.4 is 4.90 Å². The van der Waals surface area contributed by atoms with Crippen molar-refractivity contribution in [1.82, 2.24) is 0 Å². The zero-order chi connectivity index (χ0) is 14.6. The molecule has 0 spiro atoms. The Balaban J connectivity index is 3.28. The molecule has 6 nitrogen and oxygen atoms in total. The molecule has 7 heteroatoms. The molecule has 0 aliphatic carbocycles. The number of hydrogen-bond donors (Lipinski definition) is 1. The summed E-state index contributed by atoms with van der Waals surface area (Å²) in [6, 6.07) is 4.10. The molecule has 1 unspecified atom stereocenters. The molecule has 0 saturated carbocycles. The lowest BCUT2D eigenvalue weighted by molar-refractivity contribution is -0.384. The summed E-state index contributed by atoms with van der Waals surface area (Å²) in [7, 11) is 0. The summed E-state index contributed by atoms with van der Waals surface area (Å²) in [6.07, 6.45) is 0.674. The number of carbonyl (C=O) groups is 1. The Morgan fingerprint density at radius 1 is 1.58 bits per heavy atom. The van der Waals surface area contributed by atoms with Crippen LogP contribution in [0.3, 0.4) is 0 Å². The van der Waals surface area contributed by atoms with E-state index in [1.54, 1.807) is 0 Å². The maximum Gasteiger partial charge on any atom is 0.323 e. The summed E-state index contributed by atoms with van der Waals surface area (Å²) in [6.45, 7) is 3.42. The number of halogens is 1. The van der Waals surface area contributed by atoms with Gasteiger partial charge in [-0.2, -0.15) is 0 Å². The average Bonchev–Trinajstić information content (AvgIpc) is 2.35. The van der Waals surface area contributed by atoms with E-state index < -0.39 is 10.9 Å². The molecule has 1 N–H and O–H groups in total. The van der Waals surface area contributed by atoms with Crippen LogP contribution in [0.1, 0.15) is 20.3 Å². The molecule has 0 heterocycles. The molecule has 0 amide bonds. The van der Waals surface area contributed by atoms with Crippen LogP contribution in [-0.2, 0) is 4.79 Å². The van der Waals surface area contributed by atoms with Crippen molar-refractivity contribution in [2.45, 2.75) is 26.3 Å². The largest absolute Gasteiger partial charge is 0.480 e. The van der Waals surface area contributed by atoms with Crippen LogP contribution in [-0.4, -0.2) is 28.6 Å². The average molecular weight is 287 g/mol. The van der Waals surface area contributed by atoms with Gasteiger partial charge in [0.2, 0.25) is 0 Å². The summed E-state index contributed by atoms with van der Waals surface area (Å²) in [5.74, 6) is -1.04. The standard InChI is InChI=1S/C12H15ClN2O4/c1-3-8(2)14(7-12(16)17)10-5-4-9(13)6-11(10)15(18)19/h4-6,8H,3,7H2,1-2H3,(H,16,17). The van der Waals surface area contributed by atoms with Crippen LogP contribution >= 0.6 is 11.6 Å². The highest BCUT2D eigenvalue weighted by molar-refractivity contribution is 6.30. The summed E-state index contributed by atoms with van der Waals surface area (Å²) in [5.41, 5.74) is 0.0835. The number of benzene rings is 1. The SMILES string of the molecule is CCC(C)N(CC(=O)O)c1ccc(Cl)cc1[N+](=O)[O-]. The van der Waals surface area contributed by atoms with Crippen LogP contribution in [0.2, 0.25) is 5.02 Å². The van der Waals surface area contributed by atoms with Gasteiger partial charge in [-0.1, -0.05) is 18.5 Å². The Hall–Kier alpha value is -1.82. The molecule has 0 bridgehead atoms. The monoisotopic (exact) mass is 286 g/mol. The topological polar surface area (TPSA) is 83.7 Å². The third kappa shape index (κ3) is 3.82. The van der Waals surface area contributed by atoms with Crippen LogP contribution in [0.4, 0.5) is 11.4 Å². The van der Waals surface area contributed by atoms with E-state index in [1.165, 1.54) is 23.1 Å². The van der Waals surface area contributed by atoms with Crippen molar-refractivity contribution in [2.24, 2.45) is 0 Å². The van der Waals surface area contributed by atoms with E-state index in [-0.39, 0.29) is 29.0 Å². The lowest BCUT2D eigenvalue weighted by Gasteiger charge is -2.28. The zero-order valence-corrected chi connectivity index (χ0v) is 11.4. The third-order valence-corrected chi connectivity index (χ3v) is 3.11. The van der Waals surface area contributed by atoms with E-state index in [9.17, 15) is 14.9 Å². The smallest absolute Gasteiger partial charge is 0.323 e. The molecule has 1 aromatic carbocycles. The van der Waals surface area contributed by atoms with Crippen LogP contribution in [0.5, 0.6) is 0 Å². The molecule has 0 aliphatic rings. The van der Waals surface area contributed by atoms with Gasteiger partial charge in [-0.3, -0.25) is 14.9 Å². The quantitative estimate of drug-likeness (QED) is 0.642. The van der Waals surface area contributed by atoms with Crippen molar-refractivity contribution in [2.75, 3.05) is 11.4 Å². The fourth-order valence-electron chi connectivity index (χ4n) is 1.73.